The monoisotopic (exact) mass is 890 g/mol. The number of halogens is 1. The molecule has 338 valence electrons. The van der Waals surface area contributed by atoms with Crippen molar-refractivity contribution >= 4 is 62.2 Å². The van der Waals surface area contributed by atoms with Gasteiger partial charge in [0.25, 0.3) is 0 Å². The normalized spacial score (nSPS) is 13.8. The lowest BCUT2D eigenvalue weighted by Crippen LogP contribution is -2.29. The van der Waals surface area contributed by atoms with Crippen LogP contribution in [0.5, 0.6) is 5.75 Å². The second kappa shape index (κ2) is 21.3. The molecule has 5 aromatic carbocycles. The summed E-state index contributed by atoms with van der Waals surface area (Å²) in [7, 11) is 1.43. The number of esters is 1. The van der Waals surface area contributed by atoms with Crippen LogP contribution < -0.4 is 26.8 Å². The van der Waals surface area contributed by atoms with Crippen molar-refractivity contribution in [1.29, 1.82) is 0 Å². The Labute approximate surface area is 381 Å². The summed E-state index contributed by atoms with van der Waals surface area (Å²) in [6, 6.07) is 30.0. The lowest BCUT2D eigenvalue weighted by Gasteiger charge is -2.27. The van der Waals surface area contributed by atoms with Gasteiger partial charge in [0.1, 0.15) is 24.2 Å². The van der Waals surface area contributed by atoms with Crippen LogP contribution in [0.15, 0.2) is 134 Å². The molecule has 8 rings (SSSR count). The van der Waals surface area contributed by atoms with E-state index in [1.54, 1.807) is 86.3 Å². The van der Waals surface area contributed by atoms with Crippen LogP contribution in [0, 0.1) is 11.7 Å². The fourth-order valence-electron chi connectivity index (χ4n) is 8.19. The Balaban J connectivity index is 0.000000732. The Morgan fingerprint density at radius 2 is 1.41 bits per heavy atom. The molecule has 14 heteroatoms. The van der Waals surface area contributed by atoms with Gasteiger partial charge < -0.3 is 36.7 Å². The number of pyridine rings is 2. The van der Waals surface area contributed by atoms with E-state index in [0.29, 0.717) is 33.6 Å². The molecule has 0 saturated heterocycles. The van der Waals surface area contributed by atoms with Gasteiger partial charge in [0, 0.05) is 65.0 Å². The molecule has 0 radical (unpaired) electrons. The SMILES string of the molecule is COc1c(C(Nc2ccc3cnccc3c2)C(=O)C(C)c2ccc(COC(=O)c3ccccc3)cc2F)ccc(C(CN)C(=O)Nc2ccc3cnccc3c2)c1N.O=C(O)C1CCCC1. The van der Waals surface area contributed by atoms with Gasteiger partial charge in [-0.2, -0.15) is 0 Å². The predicted octanol–water partition coefficient (Wildman–Crippen LogP) is 9.34. The first kappa shape index (κ1) is 46.3. The average Bonchev–Trinajstić information content (AvgIpc) is 3.89. The van der Waals surface area contributed by atoms with Gasteiger partial charge in [-0.25, -0.2) is 9.18 Å². The zero-order valence-electron chi connectivity index (χ0n) is 36.6. The predicted molar refractivity (Wildman–Crippen MR) is 253 cm³/mol. The number of hydrogen-bond acceptors (Lipinski definition) is 11. The van der Waals surface area contributed by atoms with Crippen molar-refractivity contribution in [3.05, 3.63) is 168 Å². The molecule has 0 spiro atoms. The number of aliphatic carboxylic acids is 1. The minimum atomic E-state index is -1.09. The van der Waals surface area contributed by atoms with Crippen LogP contribution in [0.25, 0.3) is 21.5 Å². The Kier molecular flexibility index (Phi) is 14.9. The molecule has 0 bridgehead atoms. The zero-order chi connectivity index (χ0) is 46.7. The van der Waals surface area contributed by atoms with Crippen molar-refractivity contribution in [1.82, 2.24) is 9.97 Å². The first-order valence-electron chi connectivity index (χ1n) is 21.6. The third-order valence-corrected chi connectivity index (χ3v) is 11.9. The number of anilines is 3. The number of carbonyl (C=O) groups excluding carboxylic acids is 3. The number of carboxylic acid groups (broad SMARTS) is 1. The van der Waals surface area contributed by atoms with E-state index in [0.717, 1.165) is 47.2 Å². The van der Waals surface area contributed by atoms with Gasteiger partial charge in [0.15, 0.2) is 5.78 Å². The quantitative estimate of drug-likeness (QED) is 0.0482. The van der Waals surface area contributed by atoms with E-state index in [9.17, 15) is 19.2 Å². The summed E-state index contributed by atoms with van der Waals surface area (Å²) in [6.07, 6.45) is 10.8. The molecule has 66 heavy (non-hydrogen) atoms. The molecular weight excluding hydrogens is 840 g/mol. The van der Waals surface area contributed by atoms with E-state index in [4.69, 9.17) is 26.0 Å². The fraction of sp³-hybridized carbons (Fsp3) is 0.231. The Morgan fingerprint density at radius 3 is 2.02 bits per heavy atom. The van der Waals surface area contributed by atoms with Crippen LogP contribution >= 0.6 is 0 Å². The van der Waals surface area contributed by atoms with Crippen molar-refractivity contribution < 1.29 is 38.1 Å². The Hall–Kier alpha value is -7.71. The highest BCUT2D eigenvalue weighted by atomic mass is 19.1. The van der Waals surface area contributed by atoms with Crippen molar-refractivity contribution in [2.75, 3.05) is 30.0 Å². The number of benzene rings is 5. The minimum Gasteiger partial charge on any atom is -0.494 e. The van der Waals surface area contributed by atoms with Crippen LogP contribution in [-0.2, 0) is 25.7 Å². The number of nitrogens with zero attached hydrogens (tertiary/aromatic N) is 2. The lowest BCUT2D eigenvalue weighted by molar-refractivity contribution is -0.141. The summed E-state index contributed by atoms with van der Waals surface area (Å²) < 4.78 is 27.1. The number of ether oxygens (including phenoxy) is 2. The van der Waals surface area contributed by atoms with Gasteiger partial charge >= 0.3 is 11.9 Å². The Bertz CT molecular complexity index is 2870. The highest BCUT2D eigenvalue weighted by Gasteiger charge is 2.33. The molecule has 13 nitrogen and oxygen atoms in total. The molecule has 1 aliphatic rings. The van der Waals surface area contributed by atoms with Gasteiger partial charge in [0.2, 0.25) is 5.91 Å². The topological polar surface area (TPSA) is 209 Å². The molecule has 1 aliphatic carbocycles. The molecular formula is C52H51FN6O7. The highest BCUT2D eigenvalue weighted by Crippen LogP contribution is 2.41. The summed E-state index contributed by atoms with van der Waals surface area (Å²) >= 11 is 0. The van der Waals surface area contributed by atoms with Gasteiger partial charge in [-0.05, 0) is 94.9 Å². The molecule has 1 amide bonds. The largest absolute Gasteiger partial charge is 0.494 e. The van der Waals surface area contributed by atoms with Crippen molar-refractivity contribution in [3.63, 3.8) is 0 Å². The van der Waals surface area contributed by atoms with Crippen molar-refractivity contribution in [2.24, 2.45) is 11.7 Å². The molecule has 3 atom stereocenters. The van der Waals surface area contributed by atoms with Crippen LogP contribution in [0.1, 0.15) is 83.1 Å². The number of rotatable bonds is 15. The number of Topliss-reactive ketones (excluding diaryl/α,β-unsaturated/α-hetero) is 1. The molecule has 1 saturated carbocycles. The first-order valence-corrected chi connectivity index (χ1v) is 21.6. The summed E-state index contributed by atoms with van der Waals surface area (Å²) in [4.78, 5) is 59.4. The third-order valence-electron chi connectivity index (χ3n) is 11.9. The number of nitrogens with one attached hydrogen (secondary N) is 2. The molecule has 7 N–H and O–H groups in total. The first-order chi connectivity index (χ1) is 31.9. The average molecular weight is 891 g/mol. The number of hydrogen-bond donors (Lipinski definition) is 5. The number of methoxy groups -OCH3 is 1. The van der Waals surface area contributed by atoms with Crippen LogP contribution in [0.4, 0.5) is 21.5 Å². The second-order valence-electron chi connectivity index (χ2n) is 16.2. The smallest absolute Gasteiger partial charge is 0.338 e. The van der Waals surface area contributed by atoms with E-state index in [-0.39, 0.29) is 47.8 Å². The summed E-state index contributed by atoms with van der Waals surface area (Å²) in [5.74, 6) is -4.22. The molecule has 1 fully saturated rings. The van der Waals surface area contributed by atoms with E-state index in [1.807, 2.05) is 42.5 Å². The number of aromatic nitrogens is 2. The molecule has 2 heterocycles. The van der Waals surface area contributed by atoms with E-state index in [1.165, 1.54) is 19.2 Å². The summed E-state index contributed by atoms with van der Waals surface area (Å²) in [6.45, 7) is 1.40. The van der Waals surface area contributed by atoms with Gasteiger partial charge in [-0.15, -0.1) is 0 Å². The van der Waals surface area contributed by atoms with E-state index >= 15 is 4.39 Å². The second-order valence-corrected chi connectivity index (χ2v) is 16.2. The summed E-state index contributed by atoms with van der Waals surface area (Å²) in [5, 5.41) is 18.3. The molecule has 7 aromatic rings. The third kappa shape index (κ3) is 10.8. The van der Waals surface area contributed by atoms with Crippen molar-refractivity contribution in [3.8, 4) is 5.75 Å². The maximum Gasteiger partial charge on any atom is 0.338 e. The number of amides is 1. The molecule has 2 aromatic heterocycles. The standard InChI is InChI=1S/C46H41FN6O5.C6H10O2/c1-27(36-13-8-28(20-40(36)47)26-58-46(56)29-6-4-3-5-7-29)43(54)42(52-34-11-9-32-24-50-18-16-30(32)21-34)38-15-14-37(41(49)44(38)57-2)39(23-48)45(55)53-35-12-10-33-25-51-19-17-31(33)22-35;7-6(8)5-3-1-2-4-5/h3-22,24-25,27,39,42,52H,23,26,48-49H2,1-2H3,(H,53,55);5H,1-4H2,(H,7,8). The Morgan fingerprint density at radius 1 is 0.788 bits per heavy atom. The summed E-state index contributed by atoms with van der Waals surface area (Å²) in [5.41, 5.74) is 16.0. The number of nitrogen functional groups attached to an aromatic ring is 1. The number of ketones is 1. The minimum absolute atomic E-state index is 0.0185. The van der Waals surface area contributed by atoms with E-state index < -0.39 is 35.6 Å². The van der Waals surface area contributed by atoms with Gasteiger partial charge in [-0.3, -0.25) is 24.4 Å². The lowest BCUT2D eigenvalue weighted by atomic mass is 9.86. The maximum absolute atomic E-state index is 15.9. The van der Waals surface area contributed by atoms with Crippen LogP contribution in [-0.4, -0.2) is 52.4 Å². The number of fused-ring (bicyclic) bond motifs is 2. The molecule has 3 unspecified atom stereocenters. The number of carbonyl (C=O) groups is 4. The van der Waals surface area contributed by atoms with Crippen molar-refractivity contribution in [2.45, 2.75) is 57.1 Å². The highest BCUT2D eigenvalue weighted by molar-refractivity contribution is 6.00. The zero-order valence-corrected chi connectivity index (χ0v) is 36.6. The number of carboxylic acids is 1. The number of nitrogens with two attached hydrogens (primary N) is 2. The van der Waals surface area contributed by atoms with Crippen LogP contribution in [0.3, 0.4) is 0 Å². The van der Waals surface area contributed by atoms with Crippen LogP contribution in [0.2, 0.25) is 0 Å². The maximum atomic E-state index is 15.9. The van der Waals surface area contributed by atoms with Gasteiger partial charge in [0.05, 0.1) is 30.2 Å². The molecule has 0 aliphatic heterocycles. The van der Waals surface area contributed by atoms with Gasteiger partial charge in [-0.1, -0.05) is 74.4 Å². The van der Waals surface area contributed by atoms with E-state index in [2.05, 4.69) is 20.6 Å². The fourth-order valence-corrected chi connectivity index (χ4v) is 8.19.